The molecule has 1 heterocycles. The van der Waals surface area contributed by atoms with Gasteiger partial charge in [-0.3, -0.25) is 9.78 Å². The molecule has 1 N–H and O–H groups in total. The predicted molar refractivity (Wildman–Crippen MR) is 73.5 cm³/mol. The molecule has 0 saturated heterocycles. The first kappa shape index (κ1) is 13.0. The van der Waals surface area contributed by atoms with Crippen molar-refractivity contribution < 1.29 is 4.79 Å². The van der Waals surface area contributed by atoms with Crippen LogP contribution in [0, 0.1) is 11.3 Å². The van der Waals surface area contributed by atoms with Gasteiger partial charge in [0.2, 0.25) is 0 Å². The van der Waals surface area contributed by atoms with Gasteiger partial charge in [0, 0.05) is 24.5 Å². The van der Waals surface area contributed by atoms with Crippen molar-refractivity contribution in [1.82, 2.24) is 10.3 Å². The van der Waals surface area contributed by atoms with Crippen molar-refractivity contribution in [2.75, 3.05) is 6.54 Å². The number of amides is 1. The third kappa shape index (κ3) is 3.29. The van der Waals surface area contributed by atoms with Gasteiger partial charge < -0.3 is 5.32 Å². The third-order valence-corrected chi connectivity index (χ3v) is 2.89. The quantitative estimate of drug-likeness (QED) is 0.833. The predicted octanol–water partition coefficient (Wildman–Crippen LogP) is 2.66. The van der Waals surface area contributed by atoms with E-state index in [1.54, 1.807) is 6.20 Å². The maximum atomic E-state index is 12.1. The summed E-state index contributed by atoms with van der Waals surface area (Å²) < 4.78 is 0. The van der Waals surface area contributed by atoms with E-state index >= 15 is 0 Å². The van der Waals surface area contributed by atoms with Gasteiger partial charge in [-0.1, -0.05) is 24.3 Å². The molecule has 4 nitrogen and oxygen atoms in total. The molecule has 96 valence electrons. The molecule has 0 aliphatic heterocycles. The lowest BCUT2D eigenvalue weighted by Crippen LogP contribution is -2.25. The van der Waals surface area contributed by atoms with Crippen LogP contribution in [0.25, 0.3) is 10.8 Å². The van der Waals surface area contributed by atoms with Gasteiger partial charge in [0.05, 0.1) is 6.07 Å². The Morgan fingerprint density at radius 1 is 1.26 bits per heavy atom. The Labute approximate surface area is 112 Å². The number of hydrogen-bond donors (Lipinski definition) is 1. The molecule has 2 rings (SSSR count). The van der Waals surface area contributed by atoms with Crippen LogP contribution in [0.1, 0.15) is 29.8 Å². The van der Waals surface area contributed by atoms with Crippen LogP contribution in [0.4, 0.5) is 0 Å². The largest absolute Gasteiger partial charge is 0.351 e. The SMILES string of the molecule is N#CCCCCNC(=O)c1nccc2ccccc12. The lowest BCUT2D eigenvalue weighted by atomic mass is 10.1. The number of rotatable bonds is 5. The van der Waals surface area contributed by atoms with E-state index < -0.39 is 0 Å². The van der Waals surface area contributed by atoms with Crippen molar-refractivity contribution >= 4 is 16.7 Å². The molecule has 0 radical (unpaired) electrons. The van der Waals surface area contributed by atoms with E-state index in [0.717, 1.165) is 23.6 Å². The van der Waals surface area contributed by atoms with E-state index in [4.69, 9.17) is 5.26 Å². The number of nitriles is 1. The number of carbonyl (C=O) groups excluding carboxylic acids is 1. The topological polar surface area (TPSA) is 65.8 Å². The maximum absolute atomic E-state index is 12.1. The molecule has 1 aromatic heterocycles. The molecule has 0 bridgehead atoms. The minimum Gasteiger partial charge on any atom is -0.351 e. The van der Waals surface area contributed by atoms with Crippen molar-refractivity contribution in [2.24, 2.45) is 0 Å². The fourth-order valence-corrected chi connectivity index (χ4v) is 1.92. The number of unbranched alkanes of at least 4 members (excludes halogenated alkanes) is 2. The highest BCUT2D eigenvalue weighted by Crippen LogP contribution is 2.15. The summed E-state index contributed by atoms with van der Waals surface area (Å²) in [6.45, 7) is 0.575. The van der Waals surface area contributed by atoms with Crippen molar-refractivity contribution in [1.29, 1.82) is 5.26 Å². The minimum atomic E-state index is -0.159. The highest BCUT2D eigenvalue weighted by molar-refractivity contribution is 6.05. The zero-order chi connectivity index (χ0) is 13.5. The second kappa shape index (κ2) is 6.50. The number of nitrogens with zero attached hydrogens (tertiary/aromatic N) is 2. The standard InChI is InChI=1S/C15H15N3O/c16-9-4-1-5-10-18-15(19)14-13-7-3-2-6-12(13)8-11-17-14/h2-3,6-8,11H,1,4-5,10H2,(H,18,19). The molecule has 0 spiro atoms. The summed E-state index contributed by atoms with van der Waals surface area (Å²) in [5, 5.41) is 13.1. The van der Waals surface area contributed by atoms with E-state index in [1.807, 2.05) is 30.3 Å². The highest BCUT2D eigenvalue weighted by atomic mass is 16.1. The molecule has 0 fully saturated rings. The van der Waals surface area contributed by atoms with Crippen LogP contribution in [0.5, 0.6) is 0 Å². The minimum absolute atomic E-state index is 0.159. The number of benzene rings is 1. The Morgan fingerprint density at radius 2 is 2.11 bits per heavy atom. The van der Waals surface area contributed by atoms with Gasteiger partial charge in [0.25, 0.3) is 5.91 Å². The second-order valence-corrected chi connectivity index (χ2v) is 4.25. The van der Waals surface area contributed by atoms with Crippen LogP contribution in [0.15, 0.2) is 36.5 Å². The smallest absolute Gasteiger partial charge is 0.270 e. The van der Waals surface area contributed by atoms with Gasteiger partial charge in [-0.2, -0.15) is 5.26 Å². The number of nitrogens with one attached hydrogen (secondary N) is 1. The maximum Gasteiger partial charge on any atom is 0.270 e. The van der Waals surface area contributed by atoms with Gasteiger partial charge in [-0.15, -0.1) is 0 Å². The average molecular weight is 253 g/mol. The molecule has 0 saturated carbocycles. The average Bonchev–Trinajstić information content (AvgIpc) is 2.46. The van der Waals surface area contributed by atoms with Crippen LogP contribution in [0.3, 0.4) is 0 Å². The van der Waals surface area contributed by atoms with Gasteiger partial charge in [0.1, 0.15) is 5.69 Å². The van der Waals surface area contributed by atoms with E-state index in [-0.39, 0.29) is 5.91 Å². The summed E-state index contributed by atoms with van der Waals surface area (Å²) in [4.78, 5) is 16.2. The number of hydrogen-bond acceptors (Lipinski definition) is 3. The first-order valence-electron chi connectivity index (χ1n) is 6.32. The van der Waals surface area contributed by atoms with Gasteiger partial charge in [-0.05, 0) is 24.3 Å². The summed E-state index contributed by atoms with van der Waals surface area (Å²) in [6, 6.07) is 11.7. The number of aromatic nitrogens is 1. The lowest BCUT2D eigenvalue weighted by Gasteiger charge is -2.06. The second-order valence-electron chi connectivity index (χ2n) is 4.25. The normalized spacial score (nSPS) is 10.1. The zero-order valence-electron chi connectivity index (χ0n) is 10.6. The van der Waals surface area contributed by atoms with Crippen LogP contribution in [0.2, 0.25) is 0 Å². The van der Waals surface area contributed by atoms with Crippen molar-refractivity contribution in [3.8, 4) is 6.07 Å². The lowest BCUT2D eigenvalue weighted by molar-refractivity contribution is 0.0950. The summed E-state index contributed by atoms with van der Waals surface area (Å²) in [5.74, 6) is -0.159. The Morgan fingerprint density at radius 3 is 2.95 bits per heavy atom. The molecule has 0 aliphatic carbocycles. The molecule has 1 aromatic carbocycles. The molecule has 0 atom stereocenters. The summed E-state index contributed by atoms with van der Waals surface area (Å²) in [6.07, 6.45) is 3.79. The van der Waals surface area contributed by atoms with Crippen molar-refractivity contribution in [2.45, 2.75) is 19.3 Å². The summed E-state index contributed by atoms with van der Waals surface area (Å²) >= 11 is 0. The van der Waals surface area contributed by atoms with Gasteiger partial charge >= 0.3 is 0 Å². The number of pyridine rings is 1. The Kier molecular flexibility index (Phi) is 4.46. The fourth-order valence-electron chi connectivity index (χ4n) is 1.92. The molecule has 1 amide bonds. The fraction of sp³-hybridized carbons (Fsp3) is 0.267. The summed E-state index contributed by atoms with van der Waals surface area (Å²) in [7, 11) is 0. The van der Waals surface area contributed by atoms with Crippen molar-refractivity contribution in [3.63, 3.8) is 0 Å². The van der Waals surface area contributed by atoms with Crippen molar-refractivity contribution in [3.05, 3.63) is 42.2 Å². The summed E-state index contributed by atoms with van der Waals surface area (Å²) in [5.41, 5.74) is 0.457. The van der Waals surface area contributed by atoms with Crippen LogP contribution < -0.4 is 5.32 Å². The first-order valence-corrected chi connectivity index (χ1v) is 6.32. The molecule has 2 aromatic rings. The van der Waals surface area contributed by atoms with Gasteiger partial charge in [0.15, 0.2) is 0 Å². The van der Waals surface area contributed by atoms with Crippen LogP contribution in [-0.4, -0.2) is 17.4 Å². The molecular formula is C15H15N3O. The van der Waals surface area contributed by atoms with E-state index in [1.165, 1.54) is 0 Å². The monoisotopic (exact) mass is 253 g/mol. The Hall–Kier alpha value is -2.41. The zero-order valence-corrected chi connectivity index (χ0v) is 10.6. The molecule has 0 unspecified atom stereocenters. The highest BCUT2D eigenvalue weighted by Gasteiger charge is 2.10. The molecule has 19 heavy (non-hydrogen) atoms. The number of carbonyl (C=O) groups is 1. The van der Waals surface area contributed by atoms with Crippen LogP contribution >= 0.6 is 0 Å². The third-order valence-electron chi connectivity index (χ3n) is 2.89. The molecular weight excluding hydrogens is 238 g/mol. The van der Waals surface area contributed by atoms with Gasteiger partial charge in [-0.25, -0.2) is 0 Å². The first-order chi connectivity index (χ1) is 9.33. The Bertz CT molecular complexity index is 611. The van der Waals surface area contributed by atoms with E-state index in [0.29, 0.717) is 18.7 Å². The number of fused-ring (bicyclic) bond motifs is 1. The molecule has 4 heteroatoms. The van der Waals surface area contributed by atoms with Crippen LogP contribution in [-0.2, 0) is 0 Å². The Balaban J connectivity index is 2.03. The molecule has 0 aliphatic rings. The van der Waals surface area contributed by atoms with E-state index in [2.05, 4.69) is 16.4 Å². The van der Waals surface area contributed by atoms with E-state index in [9.17, 15) is 4.79 Å².